The SMILES string of the molecule is CC(C)N1CCN2c3ncc(N4CCOCC4)cc3N(C)C(=O)[C@H]2C1. The largest absolute Gasteiger partial charge is 0.378 e. The fraction of sp³-hybridized carbons (Fsp3) is 0.667. The summed E-state index contributed by atoms with van der Waals surface area (Å²) in [7, 11) is 1.87. The van der Waals surface area contributed by atoms with Crippen LogP contribution in [0.5, 0.6) is 0 Å². The molecule has 3 aliphatic rings. The number of morpholine rings is 1. The van der Waals surface area contributed by atoms with Crippen LogP contribution < -0.4 is 14.7 Å². The van der Waals surface area contributed by atoms with Crippen LogP contribution >= 0.6 is 0 Å². The van der Waals surface area contributed by atoms with Gasteiger partial charge in [-0.05, 0) is 19.9 Å². The molecular formula is C18H27N5O2. The summed E-state index contributed by atoms with van der Waals surface area (Å²) in [5.41, 5.74) is 1.99. The molecule has 136 valence electrons. The van der Waals surface area contributed by atoms with Crippen LogP contribution in [0, 0.1) is 0 Å². The van der Waals surface area contributed by atoms with Gasteiger partial charge < -0.3 is 19.4 Å². The molecule has 0 unspecified atom stereocenters. The summed E-state index contributed by atoms with van der Waals surface area (Å²) in [4.78, 5) is 26.4. The van der Waals surface area contributed by atoms with Gasteiger partial charge in [-0.15, -0.1) is 0 Å². The molecule has 25 heavy (non-hydrogen) atoms. The van der Waals surface area contributed by atoms with Gasteiger partial charge in [-0.3, -0.25) is 9.69 Å². The Balaban J connectivity index is 1.64. The van der Waals surface area contributed by atoms with Gasteiger partial charge in [0.15, 0.2) is 5.82 Å². The second-order valence-corrected chi connectivity index (χ2v) is 7.33. The van der Waals surface area contributed by atoms with E-state index in [1.165, 1.54) is 0 Å². The van der Waals surface area contributed by atoms with Crippen LogP contribution in [0.2, 0.25) is 0 Å². The van der Waals surface area contributed by atoms with E-state index >= 15 is 0 Å². The number of ether oxygens (including phenoxy) is 1. The number of amides is 1. The smallest absolute Gasteiger partial charge is 0.250 e. The molecule has 0 bridgehead atoms. The Morgan fingerprint density at radius 3 is 2.68 bits per heavy atom. The summed E-state index contributed by atoms with van der Waals surface area (Å²) in [6.07, 6.45) is 1.94. The lowest BCUT2D eigenvalue weighted by Crippen LogP contribution is -2.63. The number of carbonyl (C=O) groups excluding carboxylic acids is 1. The van der Waals surface area contributed by atoms with E-state index in [9.17, 15) is 4.79 Å². The lowest BCUT2D eigenvalue weighted by atomic mass is 10.0. The molecule has 1 aromatic rings. The van der Waals surface area contributed by atoms with Gasteiger partial charge in [-0.25, -0.2) is 4.98 Å². The minimum Gasteiger partial charge on any atom is -0.378 e. The second kappa shape index (κ2) is 6.46. The predicted molar refractivity (Wildman–Crippen MR) is 98.5 cm³/mol. The van der Waals surface area contributed by atoms with Crippen LogP contribution in [0.1, 0.15) is 13.8 Å². The van der Waals surface area contributed by atoms with Gasteiger partial charge in [0.2, 0.25) is 0 Å². The van der Waals surface area contributed by atoms with E-state index in [2.05, 4.69) is 34.6 Å². The van der Waals surface area contributed by atoms with Gasteiger partial charge in [-0.1, -0.05) is 0 Å². The van der Waals surface area contributed by atoms with Crippen molar-refractivity contribution < 1.29 is 9.53 Å². The molecule has 1 amide bonds. The molecular weight excluding hydrogens is 318 g/mol. The molecule has 2 fully saturated rings. The van der Waals surface area contributed by atoms with Crippen molar-refractivity contribution in [1.82, 2.24) is 9.88 Å². The summed E-state index contributed by atoms with van der Waals surface area (Å²) in [5.74, 6) is 1.10. The first kappa shape index (κ1) is 16.6. The van der Waals surface area contributed by atoms with E-state index < -0.39 is 0 Å². The van der Waals surface area contributed by atoms with E-state index in [0.29, 0.717) is 6.04 Å². The van der Waals surface area contributed by atoms with Crippen molar-refractivity contribution in [2.24, 2.45) is 0 Å². The zero-order chi connectivity index (χ0) is 17.6. The fourth-order valence-corrected chi connectivity index (χ4v) is 3.98. The maximum absolute atomic E-state index is 13.0. The average Bonchev–Trinajstić information content (AvgIpc) is 2.66. The number of pyridine rings is 1. The third kappa shape index (κ3) is 2.85. The number of piperazine rings is 1. The maximum Gasteiger partial charge on any atom is 0.250 e. The normalized spacial score (nSPS) is 24.6. The molecule has 0 aliphatic carbocycles. The van der Waals surface area contributed by atoms with Crippen molar-refractivity contribution in [2.75, 3.05) is 67.7 Å². The van der Waals surface area contributed by atoms with Gasteiger partial charge in [-0.2, -0.15) is 0 Å². The van der Waals surface area contributed by atoms with Crippen LogP contribution in [0.25, 0.3) is 0 Å². The number of nitrogens with zero attached hydrogens (tertiary/aromatic N) is 5. The highest BCUT2D eigenvalue weighted by atomic mass is 16.5. The molecule has 0 spiro atoms. The van der Waals surface area contributed by atoms with Crippen LogP contribution in [-0.4, -0.2) is 80.9 Å². The topological polar surface area (TPSA) is 52.1 Å². The van der Waals surface area contributed by atoms with Crippen molar-refractivity contribution >= 4 is 23.1 Å². The quantitative estimate of drug-likeness (QED) is 0.790. The molecule has 1 atom stereocenters. The molecule has 0 saturated carbocycles. The zero-order valence-electron chi connectivity index (χ0n) is 15.3. The van der Waals surface area contributed by atoms with Crippen molar-refractivity contribution in [3.8, 4) is 0 Å². The minimum absolute atomic E-state index is 0.129. The zero-order valence-corrected chi connectivity index (χ0v) is 15.3. The van der Waals surface area contributed by atoms with E-state index in [0.717, 1.165) is 63.1 Å². The van der Waals surface area contributed by atoms with Gasteiger partial charge in [0.25, 0.3) is 5.91 Å². The number of likely N-dealkylation sites (N-methyl/N-ethyl adjacent to an activating group) is 1. The Hall–Kier alpha value is -1.86. The van der Waals surface area contributed by atoms with Crippen molar-refractivity contribution in [2.45, 2.75) is 25.9 Å². The molecule has 3 aliphatic heterocycles. The molecule has 1 aromatic heterocycles. The number of anilines is 3. The number of rotatable bonds is 2. The number of hydrogen-bond acceptors (Lipinski definition) is 6. The summed E-state index contributed by atoms with van der Waals surface area (Å²) < 4.78 is 5.43. The van der Waals surface area contributed by atoms with Crippen LogP contribution in [-0.2, 0) is 9.53 Å². The first-order valence-electron chi connectivity index (χ1n) is 9.17. The standard InChI is InChI=1S/C18H27N5O2/c1-13(2)22-4-5-23-16(12-22)18(24)20(3)15-10-14(11-19-17(15)23)21-6-8-25-9-7-21/h10-11,13,16H,4-9,12H2,1-3H3/t16-/m1/s1. The van der Waals surface area contributed by atoms with Crippen LogP contribution in [0.4, 0.5) is 17.2 Å². The third-order valence-electron chi connectivity index (χ3n) is 5.60. The molecule has 0 N–H and O–H groups in total. The lowest BCUT2D eigenvalue weighted by Gasteiger charge is -2.47. The maximum atomic E-state index is 13.0. The van der Waals surface area contributed by atoms with E-state index in [-0.39, 0.29) is 11.9 Å². The number of hydrogen-bond donors (Lipinski definition) is 0. The highest BCUT2D eigenvalue weighted by Gasteiger charge is 2.41. The van der Waals surface area contributed by atoms with E-state index in [4.69, 9.17) is 9.72 Å². The van der Waals surface area contributed by atoms with Crippen molar-refractivity contribution in [3.63, 3.8) is 0 Å². The molecule has 0 aromatic carbocycles. The number of fused-ring (bicyclic) bond motifs is 3. The minimum atomic E-state index is -0.129. The van der Waals surface area contributed by atoms with Crippen molar-refractivity contribution in [3.05, 3.63) is 12.3 Å². The Bertz CT molecular complexity index is 659. The molecule has 2 saturated heterocycles. The fourth-order valence-electron chi connectivity index (χ4n) is 3.98. The van der Waals surface area contributed by atoms with Gasteiger partial charge >= 0.3 is 0 Å². The Morgan fingerprint density at radius 2 is 1.96 bits per heavy atom. The number of aromatic nitrogens is 1. The first-order chi connectivity index (χ1) is 12.1. The molecule has 4 rings (SSSR count). The lowest BCUT2D eigenvalue weighted by molar-refractivity contribution is -0.121. The van der Waals surface area contributed by atoms with Gasteiger partial charge in [0.05, 0.1) is 30.8 Å². The Kier molecular flexibility index (Phi) is 4.29. The van der Waals surface area contributed by atoms with Crippen molar-refractivity contribution in [1.29, 1.82) is 0 Å². The molecule has 0 radical (unpaired) electrons. The van der Waals surface area contributed by atoms with Crippen LogP contribution in [0.15, 0.2) is 12.3 Å². The van der Waals surface area contributed by atoms with E-state index in [1.807, 2.05) is 13.2 Å². The Labute approximate surface area is 149 Å². The first-order valence-corrected chi connectivity index (χ1v) is 9.17. The monoisotopic (exact) mass is 345 g/mol. The predicted octanol–water partition coefficient (Wildman–Crippen LogP) is 0.794. The third-order valence-corrected chi connectivity index (χ3v) is 5.60. The second-order valence-electron chi connectivity index (χ2n) is 7.33. The van der Waals surface area contributed by atoms with Gasteiger partial charge in [0.1, 0.15) is 6.04 Å². The molecule has 7 nitrogen and oxygen atoms in total. The van der Waals surface area contributed by atoms with Crippen LogP contribution in [0.3, 0.4) is 0 Å². The highest BCUT2D eigenvalue weighted by molar-refractivity contribution is 6.05. The summed E-state index contributed by atoms with van der Waals surface area (Å²) in [6.45, 7) is 10.2. The van der Waals surface area contributed by atoms with E-state index in [1.54, 1.807) is 4.90 Å². The summed E-state index contributed by atoms with van der Waals surface area (Å²) in [6, 6.07) is 2.44. The molecule has 4 heterocycles. The highest BCUT2D eigenvalue weighted by Crippen LogP contribution is 2.37. The molecule has 7 heteroatoms. The summed E-state index contributed by atoms with van der Waals surface area (Å²) in [5, 5.41) is 0. The average molecular weight is 345 g/mol. The summed E-state index contributed by atoms with van der Waals surface area (Å²) >= 11 is 0. The Morgan fingerprint density at radius 1 is 1.20 bits per heavy atom. The van der Waals surface area contributed by atoms with Gasteiger partial charge in [0, 0.05) is 45.8 Å². The number of carbonyl (C=O) groups is 1.